The minimum atomic E-state index is -0.153. The largest absolute Gasteiger partial charge is 0.383 e. The number of nitrogens with zero attached hydrogens (tertiary/aromatic N) is 1. The lowest BCUT2D eigenvalue weighted by Crippen LogP contribution is -2.33. The van der Waals surface area contributed by atoms with Crippen molar-refractivity contribution in [3.8, 4) is 11.3 Å². The van der Waals surface area contributed by atoms with Crippen molar-refractivity contribution in [2.75, 3.05) is 33.4 Å². The number of hydrogen-bond donors (Lipinski definition) is 3. The molecule has 22 heavy (non-hydrogen) atoms. The third kappa shape index (κ3) is 4.68. The van der Waals surface area contributed by atoms with Gasteiger partial charge in [0, 0.05) is 32.3 Å². The Labute approximate surface area is 130 Å². The van der Waals surface area contributed by atoms with E-state index in [2.05, 4.69) is 20.8 Å². The van der Waals surface area contributed by atoms with Crippen LogP contribution in [-0.2, 0) is 4.74 Å². The second-order valence-electron chi connectivity index (χ2n) is 5.03. The SMILES string of the molecule is COCCNCCNC(=O)c1cc(-c2ccc(C)cc2)n[nH]1. The fourth-order valence-electron chi connectivity index (χ4n) is 1.97. The predicted octanol–water partition coefficient (Wildman–Crippen LogP) is 1.35. The third-order valence-corrected chi connectivity index (χ3v) is 3.24. The van der Waals surface area contributed by atoms with Gasteiger partial charge in [-0.2, -0.15) is 5.10 Å². The van der Waals surface area contributed by atoms with Crippen LogP contribution in [0.25, 0.3) is 11.3 Å². The van der Waals surface area contributed by atoms with Gasteiger partial charge in [-0.3, -0.25) is 9.89 Å². The van der Waals surface area contributed by atoms with Gasteiger partial charge < -0.3 is 15.4 Å². The molecule has 3 N–H and O–H groups in total. The van der Waals surface area contributed by atoms with E-state index in [4.69, 9.17) is 4.74 Å². The molecule has 1 aromatic heterocycles. The molecule has 1 heterocycles. The Kier molecular flexibility index (Phi) is 6.12. The Bertz CT molecular complexity index is 592. The molecule has 118 valence electrons. The van der Waals surface area contributed by atoms with Crippen LogP contribution in [0.1, 0.15) is 16.1 Å². The summed E-state index contributed by atoms with van der Waals surface area (Å²) in [6, 6.07) is 9.79. The molecule has 2 rings (SSSR count). The fourth-order valence-corrected chi connectivity index (χ4v) is 1.97. The molecule has 0 fully saturated rings. The van der Waals surface area contributed by atoms with Crippen LogP contribution in [0.2, 0.25) is 0 Å². The molecule has 6 nitrogen and oxygen atoms in total. The Morgan fingerprint density at radius 1 is 1.23 bits per heavy atom. The second-order valence-corrected chi connectivity index (χ2v) is 5.03. The first-order valence-electron chi connectivity index (χ1n) is 7.31. The van der Waals surface area contributed by atoms with Gasteiger partial charge in [-0.05, 0) is 13.0 Å². The number of amides is 1. The molecule has 0 saturated heterocycles. The van der Waals surface area contributed by atoms with Gasteiger partial charge >= 0.3 is 0 Å². The van der Waals surface area contributed by atoms with E-state index in [1.54, 1.807) is 13.2 Å². The zero-order valence-electron chi connectivity index (χ0n) is 13.0. The summed E-state index contributed by atoms with van der Waals surface area (Å²) in [7, 11) is 1.66. The van der Waals surface area contributed by atoms with E-state index >= 15 is 0 Å². The number of ether oxygens (including phenoxy) is 1. The standard InChI is InChI=1S/C16H22N4O2/c1-12-3-5-13(6-4-12)14-11-15(20-19-14)16(21)18-8-7-17-9-10-22-2/h3-6,11,17H,7-10H2,1-2H3,(H,18,21)(H,19,20). The Balaban J connectivity index is 1.83. The number of rotatable bonds is 8. The lowest BCUT2D eigenvalue weighted by Gasteiger charge is -2.05. The van der Waals surface area contributed by atoms with E-state index < -0.39 is 0 Å². The van der Waals surface area contributed by atoms with Crippen LogP contribution in [0.3, 0.4) is 0 Å². The van der Waals surface area contributed by atoms with Crippen molar-refractivity contribution in [1.82, 2.24) is 20.8 Å². The molecule has 1 aromatic carbocycles. The lowest BCUT2D eigenvalue weighted by atomic mass is 10.1. The first-order chi connectivity index (χ1) is 10.7. The van der Waals surface area contributed by atoms with E-state index in [9.17, 15) is 4.79 Å². The highest BCUT2D eigenvalue weighted by molar-refractivity contribution is 5.93. The molecule has 0 aliphatic rings. The van der Waals surface area contributed by atoms with Gasteiger partial charge in [-0.25, -0.2) is 0 Å². The number of benzene rings is 1. The van der Waals surface area contributed by atoms with Crippen LogP contribution >= 0.6 is 0 Å². The van der Waals surface area contributed by atoms with Gasteiger partial charge in [-0.15, -0.1) is 0 Å². The second kappa shape index (κ2) is 8.31. The van der Waals surface area contributed by atoms with Crippen molar-refractivity contribution in [3.63, 3.8) is 0 Å². The van der Waals surface area contributed by atoms with Crippen molar-refractivity contribution in [3.05, 3.63) is 41.6 Å². The number of nitrogens with one attached hydrogen (secondary N) is 3. The fraction of sp³-hybridized carbons (Fsp3) is 0.375. The average molecular weight is 302 g/mol. The monoisotopic (exact) mass is 302 g/mol. The molecule has 0 atom stereocenters. The summed E-state index contributed by atoms with van der Waals surface area (Å²) in [5, 5.41) is 13.0. The van der Waals surface area contributed by atoms with Crippen LogP contribution in [0.4, 0.5) is 0 Å². The van der Waals surface area contributed by atoms with E-state index in [1.807, 2.05) is 31.2 Å². The molecular formula is C16H22N4O2. The zero-order valence-corrected chi connectivity index (χ0v) is 13.0. The van der Waals surface area contributed by atoms with Gasteiger partial charge in [-0.1, -0.05) is 29.8 Å². The summed E-state index contributed by atoms with van der Waals surface area (Å²) in [5.74, 6) is -0.153. The molecule has 2 aromatic rings. The maximum absolute atomic E-state index is 12.0. The molecule has 0 aliphatic heterocycles. The number of methoxy groups -OCH3 is 1. The third-order valence-electron chi connectivity index (χ3n) is 3.24. The molecule has 1 amide bonds. The minimum Gasteiger partial charge on any atom is -0.383 e. The first-order valence-corrected chi connectivity index (χ1v) is 7.31. The van der Waals surface area contributed by atoms with Crippen molar-refractivity contribution >= 4 is 5.91 Å². The van der Waals surface area contributed by atoms with Crippen molar-refractivity contribution < 1.29 is 9.53 Å². The first kappa shape index (κ1) is 16.2. The summed E-state index contributed by atoms with van der Waals surface area (Å²) in [6.45, 7) is 4.73. The topological polar surface area (TPSA) is 79.0 Å². The summed E-state index contributed by atoms with van der Waals surface area (Å²) >= 11 is 0. The van der Waals surface area contributed by atoms with E-state index in [0.29, 0.717) is 25.4 Å². The molecule has 0 saturated carbocycles. The summed E-state index contributed by atoms with van der Waals surface area (Å²) in [6.07, 6.45) is 0. The van der Waals surface area contributed by atoms with Gasteiger partial charge in [0.15, 0.2) is 0 Å². The summed E-state index contributed by atoms with van der Waals surface area (Å²) < 4.78 is 4.93. The molecule has 6 heteroatoms. The smallest absolute Gasteiger partial charge is 0.269 e. The molecule has 0 aliphatic carbocycles. The van der Waals surface area contributed by atoms with Crippen molar-refractivity contribution in [2.45, 2.75) is 6.92 Å². The Hall–Kier alpha value is -2.18. The lowest BCUT2D eigenvalue weighted by molar-refractivity contribution is 0.0948. The van der Waals surface area contributed by atoms with Gasteiger partial charge in [0.1, 0.15) is 5.69 Å². The highest BCUT2D eigenvalue weighted by Gasteiger charge is 2.10. The van der Waals surface area contributed by atoms with Crippen LogP contribution in [0, 0.1) is 6.92 Å². The highest BCUT2D eigenvalue weighted by Crippen LogP contribution is 2.17. The molecule has 0 bridgehead atoms. The van der Waals surface area contributed by atoms with E-state index in [1.165, 1.54) is 5.56 Å². The average Bonchev–Trinajstić information content (AvgIpc) is 3.01. The molecule has 0 unspecified atom stereocenters. The van der Waals surface area contributed by atoms with Crippen LogP contribution in [-0.4, -0.2) is 49.5 Å². The summed E-state index contributed by atoms with van der Waals surface area (Å²) in [5.41, 5.74) is 3.41. The quantitative estimate of drug-likeness (QED) is 0.643. The van der Waals surface area contributed by atoms with Crippen LogP contribution in [0.5, 0.6) is 0 Å². The number of H-pyrrole nitrogens is 1. The number of aromatic amines is 1. The van der Waals surface area contributed by atoms with Crippen LogP contribution in [0.15, 0.2) is 30.3 Å². The predicted molar refractivity (Wildman–Crippen MR) is 85.8 cm³/mol. The van der Waals surface area contributed by atoms with Crippen molar-refractivity contribution in [1.29, 1.82) is 0 Å². The number of carbonyl (C=O) groups is 1. The maximum Gasteiger partial charge on any atom is 0.269 e. The summed E-state index contributed by atoms with van der Waals surface area (Å²) in [4.78, 5) is 12.0. The van der Waals surface area contributed by atoms with Crippen LogP contribution < -0.4 is 10.6 Å². The number of hydrogen-bond acceptors (Lipinski definition) is 4. The minimum absolute atomic E-state index is 0.153. The number of carbonyl (C=O) groups excluding carboxylic acids is 1. The van der Waals surface area contributed by atoms with Gasteiger partial charge in [0.2, 0.25) is 0 Å². The molecule has 0 spiro atoms. The normalized spacial score (nSPS) is 10.6. The maximum atomic E-state index is 12.0. The van der Waals surface area contributed by atoms with Gasteiger partial charge in [0.25, 0.3) is 5.91 Å². The molecular weight excluding hydrogens is 280 g/mol. The number of aromatic nitrogens is 2. The number of aryl methyl sites for hydroxylation is 1. The van der Waals surface area contributed by atoms with Crippen molar-refractivity contribution in [2.24, 2.45) is 0 Å². The zero-order chi connectivity index (χ0) is 15.8. The Morgan fingerprint density at radius 3 is 2.73 bits per heavy atom. The Morgan fingerprint density at radius 2 is 2.00 bits per heavy atom. The highest BCUT2D eigenvalue weighted by atomic mass is 16.5. The van der Waals surface area contributed by atoms with E-state index in [-0.39, 0.29) is 5.91 Å². The van der Waals surface area contributed by atoms with Gasteiger partial charge in [0.05, 0.1) is 12.3 Å². The molecule has 0 radical (unpaired) electrons. The van der Waals surface area contributed by atoms with E-state index in [0.717, 1.165) is 17.8 Å².